The van der Waals surface area contributed by atoms with Gasteiger partial charge in [-0.05, 0) is 74.1 Å². The van der Waals surface area contributed by atoms with E-state index in [2.05, 4.69) is 0 Å². The highest BCUT2D eigenvalue weighted by Crippen LogP contribution is 2.49. The van der Waals surface area contributed by atoms with Crippen molar-refractivity contribution in [3.8, 4) is 0 Å². The van der Waals surface area contributed by atoms with Gasteiger partial charge in [0.2, 0.25) is 10.0 Å². The van der Waals surface area contributed by atoms with Crippen LogP contribution in [-0.4, -0.2) is 39.1 Å². The molecule has 6 nitrogen and oxygen atoms in total. The number of nitrogens with zero attached hydrogens (tertiary/aromatic N) is 1. The van der Waals surface area contributed by atoms with E-state index in [1.807, 2.05) is 0 Å². The molecule has 3 atom stereocenters. The molecule has 4 rings (SSSR count). The average Bonchev–Trinajstić information content (AvgIpc) is 3.40. The Kier molecular flexibility index (Phi) is 5.21. The fourth-order valence-corrected chi connectivity index (χ4v) is 6.28. The second-order valence-corrected chi connectivity index (χ2v) is 10.5. The Balaban J connectivity index is 1.33. The van der Waals surface area contributed by atoms with Gasteiger partial charge in [-0.25, -0.2) is 8.42 Å². The van der Waals surface area contributed by atoms with Crippen LogP contribution in [0.4, 0.5) is 5.69 Å². The molecule has 1 aliphatic heterocycles. The van der Waals surface area contributed by atoms with Gasteiger partial charge in [0, 0.05) is 18.5 Å². The second kappa shape index (κ2) is 7.50. The van der Waals surface area contributed by atoms with Crippen LogP contribution in [-0.2, 0) is 26.0 Å². The smallest absolute Gasteiger partial charge is 0.306 e. The van der Waals surface area contributed by atoms with Crippen LogP contribution in [0, 0.1) is 17.8 Å². The number of esters is 1. The maximum absolute atomic E-state index is 12.4. The summed E-state index contributed by atoms with van der Waals surface area (Å²) in [5.74, 6) is 1.38. The molecule has 1 aromatic carbocycles. The minimum Gasteiger partial charge on any atom is -0.457 e. The number of ether oxygens (including phenoxy) is 1. The van der Waals surface area contributed by atoms with Crippen molar-refractivity contribution in [2.75, 3.05) is 23.2 Å². The quantitative estimate of drug-likeness (QED) is 0.515. The number of anilines is 1. The van der Waals surface area contributed by atoms with Crippen molar-refractivity contribution in [3.63, 3.8) is 0 Å². The van der Waals surface area contributed by atoms with Gasteiger partial charge in [-0.3, -0.25) is 13.9 Å². The molecule has 1 heterocycles. The van der Waals surface area contributed by atoms with E-state index >= 15 is 0 Å². The van der Waals surface area contributed by atoms with Gasteiger partial charge in [0.15, 0.2) is 12.4 Å². The highest BCUT2D eigenvalue weighted by molar-refractivity contribution is 7.92. The molecule has 0 radical (unpaired) electrons. The van der Waals surface area contributed by atoms with E-state index in [0.29, 0.717) is 42.5 Å². The Morgan fingerprint density at radius 1 is 1.21 bits per heavy atom. The predicted octanol–water partition coefficient (Wildman–Crippen LogP) is 2.95. The number of Topliss-reactive ketones (excluding diaryl/α,β-unsaturated/α-hetero) is 1. The summed E-state index contributed by atoms with van der Waals surface area (Å²) in [7, 11) is -3.30. The molecular weight excluding hydrogens is 378 g/mol. The third-order valence-corrected chi connectivity index (χ3v) is 8.41. The molecule has 1 aromatic rings. The molecule has 7 heteroatoms. The highest BCUT2D eigenvalue weighted by Gasteiger charge is 2.40. The standard InChI is InChI=1S/C21H27NO5S/c1-2-28(25,26)22-8-7-16-11-17(5-6-19(16)22)20(23)13-27-21(24)12-18-10-14-3-4-15(18)9-14/h5-6,11,14-15,18H,2-4,7-10,12-13H2,1H3. The predicted molar refractivity (Wildman–Crippen MR) is 106 cm³/mol. The number of ketones is 1. The number of benzene rings is 1. The van der Waals surface area contributed by atoms with Gasteiger partial charge < -0.3 is 4.74 Å². The van der Waals surface area contributed by atoms with E-state index in [-0.39, 0.29) is 24.1 Å². The SMILES string of the molecule is CCS(=O)(=O)N1CCc2cc(C(=O)COC(=O)CC3CC4CCC3C4)ccc21. The molecule has 2 bridgehead atoms. The van der Waals surface area contributed by atoms with Gasteiger partial charge in [-0.2, -0.15) is 0 Å². The molecule has 2 saturated carbocycles. The second-order valence-electron chi connectivity index (χ2n) is 8.29. The Morgan fingerprint density at radius 3 is 2.71 bits per heavy atom. The summed E-state index contributed by atoms with van der Waals surface area (Å²) in [5, 5.41) is 0. The van der Waals surface area contributed by atoms with Crippen molar-refractivity contribution in [2.24, 2.45) is 17.8 Å². The van der Waals surface area contributed by atoms with Crippen LogP contribution in [0.1, 0.15) is 54.9 Å². The Labute approximate surface area is 166 Å². The van der Waals surface area contributed by atoms with E-state index in [1.54, 1.807) is 25.1 Å². The number of fused-ring (bicyclic) bond motifs is 3. The summed E-state index contributed by atoms with van der Waals surface area (Å²) in [4.78, 5) is 24.6. The zero-order valence-electron chi connectivity index (χ0n) is 16.2. The topological polar surface area (TPSA) is 80.8 Å². The van der Waals surface area contributed by atoms with Crippen LogP contribution in [0.25, 0.3) is 0 Å². The van der Waals surface area contributed by atoms with Gasteiger partial charge in [-0.15, -0.1) is 0 Å². The first-order valence-corrected chi connectivity index (χ1v) is 11.8. The molecule has 3 aliphatic rings. The Hall–Kier alpha value is -1.89. The molecule has 3 unspecified atom stereocenters. The van der Waals surface area contributed by atoms with Crippen molar-refractivity contribution < 1.29 is 22.7 Å². The van der Waals surface area contributed by atoms with Crippen LogP contribution in [0.3, 0.4) is 0 Å². The van der Waals surface area contributed by atoms with Gasteiger partial charge in [0.25, 0.3) is 0 Å². The summed E-state index contributed by atoms with van der Waals surface area (Å²) >= 11 is 0. The fraction of sp³-hybridized carbons (Fsp3) is 0.619. The lowest BCUT2D eigenvalue weighted by atomic mass is 9.86. The first-order chi connectivity index (χ1) is 13.4. The number of hydrogen-bond acceptors (Lipinski definition) is 5. The van der Waals surface area contributed by atoms with E-state index in [9.17, 15) is 18.0 Å². The van der Waals surface area contributed by atoms with Crippen LogP contribution in [0.15, 0.2) is 18.2 Å². The molecule has 28 heavy (non-hydrogen) atoms. The fourth-order valence-electron chi connectivity index (χ4n) is 5.12. The van der Waals surface area contributed by atoms with Crippen LogP contribution < -0.4 is 4.31 Å². The van der Waals surface area contributed by atoms with Gasteiger partial charge in [0.1, 0.15) is 0 Å². The summed E-state index contributed by atoms with van der Waals surface area (Å²) in [6.07, 6.45) is 5.89. The largest absolute Gasteiger partial charge is 0.457 e. The Morgan fingerprint density at radius 2 is 2.04 bits per heavy atom. The molecule has 0 spiro atoms. The third kappa shape index (κ3) is 3.69. The molecule has 0 N–H and O–H groups in total. The number of rotatable bonds is 7. The third-order valence-electron chi connectivity index (χ3n) is 6.63. The van der Waals surface area contributed by atoms with Crippen molar-refractivity contribution in [3.05, 3.63) is 29.3 Å². The van der Waals surface area contributed by atoms with Crippen LogP contribution in [0.5, 0.6) is 0 Å². The van der Waals surface area contributed by atoms with Crippen molar-refractivity contribution in [1.29, 1.82) is 0 Å². The molecule has 0 aromatic heterocycles. The monoisotopic (exact) mass is 405 g/mol. The summed E-state index contributed by atoms with van der Waals surface area (Å²) in [5.41, 5.74) is 1.95. The normalized spacial score (nSPS) is 25.8. The Bertz CT molecular complexity index is 894. The lowest BCUT2D eigenvalue weighted by Crippen LogP contribution is -2.30. The molecule has 2 aliphatic carbocycles. The zero-order chi connectivity index (χ0) is 19.9. The summed E-state index contributed by atoms with van der Waals surface area (Å²) in [6, 6.07) is 5.03. The minimum absolute atomic E-state index is 0.0473. The van der Waals surface area contributed by atoms with Crippen LogP contribution in [0.2, 0.25) is 0 Å². The lowest BCUT2D eigenvalue weighted by molar-refractivity contribution is -0.144. The minimum atomic E-state index is -3.30. The summed E-state index contributed by atoms with van der Waals surface area (Å²) < 4.78 is 31.0. The van der Waals surface area contributed by atoms with Crippen LogP contribution >= 0.6 is 0 Å². The zero-order valence-corrected chi connectivity index (χ0v) is 17.0. The first kappa shape index (κ1) is 19.4. The van der Waals surface area contributed by atoms with E-state index in [1.165, 1.54) is 23.6 Å². The molecule has 0 amide bonds. The average molecular weight is 406 g/mol. The van der Waals surface area contributed by atoms with Gasteiger partial charge in [0.05, 0.1) is 11.4 Å². The number of carbonyl (C=O) groups is 2. The maximum atomic E-state index is 12.4. The number of hydrogen-bond donors (Lipinski definition) is 0. The summed E-state index contributed by atoms with van der Waals surface area (Å²) in [6.45, 7) is 1.77. The molecular formula is C21H27NO5S. The van der Waals surface area contributed by atoms with E-state index in [4.69, 9.17) is 4.74 Å². The van der Waals surface area contributed by atoms with Crippen molar-refractivity contribution in [2.45, 2.75) is 45.4 Å². The highest BCUT2D eigenvalue weighted by atomic mass is 32.2. The first-order valence-electron chi connectivity index (χ1n) is 10.2. The van der Waals surface area contributed by atoms with Gasteiger partial charge >= 0.3 is 5.97 Å². The van der Waals surface area contributed by atoms with E-state index in [0.717, 1.165) is 17.9 Å². The number of carbonyl (C=O) groups excluding carboxylic acids is 2. The van der Waals surface area contributed by atoms with Crippen molar-refractivity contribution >= 4 is 27.5 Å². The molecule has 2 fully saturated rings. The van der Waals surface area contributed by atoms with Crippen molar-refractivity contribution in [1.82, 2.24) is 0 Å². The molecule has 0 saturated heterocycles. The van der Waals surface area contributed by atoms with E-state index < -0.39 is 10.0 Å². The van der Waals surface area contributed by atoms with Gasteiger partial charge in [-0.1, -0.05) is 6.42 Å². The number of sulfonamides is 1. The maximum Gasteiger partial charge on any atom is 0.306 e. The molecule has 152 valence electrons. The lowest BCUT2D eigenvalue weighted by Gasteiger charge is -2.20.